The third-order valence-corrected chi connectivity index (χ3v) is 4.27. The predicted molar refractivity (Wildman–Crippen MR) is 79.4 cm³/mol. The molecule has 1 aromatic carbocycles. The summed E-state index contributed by atoms with van der Waals surface area (Å²) < 4.78 is 0. The first-order valence-corrected chi connectivity index (χ1v) is 7.14. The maximum atomic E-state index is 11.7. The molecule has 0 aliphatic carbocycles. The van der Waals surface area contributed by atoms with Gasteiger partial charge in [0.05, 0.1) is 4.91 Å². The van der Waals surface area contributed by atoms with E-state index < -0.39 is 0 Å². The van der Waals surface area contributed by atoms with Crippen molar-refractivity contribution in [2.24, 2.45) is 0 Å². The number of thioether (sulfide) groups is 1. The Hall–Kier alpha value is -1.22. The van der Waals surface area contributed by atoms with Crippen molar-refractivity contribution in [3.05, 3.63) is 46.5 Å². The topological polar surface area (TPSA) is 20.3 Å². The summed E-state index contributed by atoms with van der Waals surface area (Å²) in [7, 11) is 2.02. The number of carbonyl (C=O) groups is 1. The van der Waals surface area contributed by atoms with Gasteiger partial charge in [-0.25, -0.2) is 0 Å². The average Bonchev–Trinajstić information content (AvgIpc) is 2.38. The molecule has 0 aromatic heterocycles. The molecule has 98 valence electrons. The molecule has 0 heterocycles. The van der Waals surface area contributed by atoms with Gasteiger partial charge in [-0.2, -0.15) is 0 Å². The van der Waals surface area contributed by atoms with Gasteiger partial charge in [-0.05, 0) is 26.3 Å². The Morgan fingerprint density at radius 3 is 2.33 bits per heavy atom. The molecule has 0 radical (unpaired) electrons. The van der Waals surface area contributed by atoms with Gasteiger partial charge in [0.1, 0.15) is 0 Å². The number of ketones is 1. The summed E-state index contributed by atoms with van der Waals surface area (Å²) >= 11 is 1.62. The summed E-state index contributed by atoms with van der Waals surface area (Å²) in [5, 5.41) is 0. The highest BCUT2D eigenvalue weighted by Crippen LogP contribution is 2.26. The minimum Gasteiger partial charge on any atom is -0.377 e. The van der Waals surface area contributed by atoms with Crippen molar-refractivity contribution >= 4 is 17.5 Å². The fourth-order valence-electron chi connectivity index (χ4n) is 1.60. The summed E-state index contributed by atoms with van der Waals surface area (Å²) in [5.74, 6) is 0.985. The van der Waals surface area contributed by atoms with Crippen molar-refractivity contribution in [2.45, 2.75) is 26.5 Å². The van der Waals surface area contributed by atoms with Crippen LogP contribution >= 0.6 is 11.8 Å². The van der Waals surface area contributed by atoms with Crippen LogP contribution in [0.2, 0.25) is 0 Å². The number of allylic oxidation sites excluding steroid dienone is 2. The van der Waals surface area contributed by atoms with Gasteiger partial charge in [0, 0.05) is 25.0 Å². The van der Waals surface area contributed by atoms with E-state index in [0.717, 1.165) is 22.9 Å². The molecule has 0 aliphatic heterocycles. The van der Waals surface area contributed by atoms with E-state index in [4.69, 9.17) is 0 Å². The Morgan fingerprint density at radius 2 is 1.83 bits per heavy atom. The molecule has 0 saturated carbocycles. The highest BCUT2D eigenvalue weighted by atomic mass is 32.2. The van der Waals surface area contributed by atoms with E-state index in [2.05, 4.69) is 24.0 Å². The van der Waals surface area contributed by atoms with Crippen LogP contribution in [-0.4, -0.2) is 24.3 Å². The molecule has 0 spiro atoms. The van der Waals surface area contributed by atoms with E-state index in [0.29, 0.717) is 0 Å². The summed E-state index contributed by atoms with van der Waals surface area (Å²) in [4.78, 5) is 14.7. The van der Waals surface area contributed by atoms with Gasteiger partial charge >= 0.3 is 0 Å². The second kappa shape index (κ2) is 7.27. The predicted octanol–water partition coefficient (Wildman–Crippen LogP) is 3.69. The highest BCUT2D eigenvalue weighted by molar-refractivity contribution is 8.03. The molecule has 0 atom stereocenters. The lowest BCUT2D eigenvalue weighted by molar-refractivity contribution is -0.113. The van der Waals surface area contributed by atoms with Crippen LogP contribution in [0.15, 0.2) is 40.9 Å². The van der Waals surface area contributed by atoms with Crippen LogP contribution in [0.25, 0.3) is 0 Å². The molecule has 0 amide bonds. The molecule has 0 aliphatic rings. The lowest BCUT2D eigenvalue weighted by atomic mass is 10.2. The van der Waals surface area contributed by atoms with E-state index in [1.165, 1.54) is 5.56 Å². The largest absolute Gasteiger partial charge is 0.377 e. The van der Waals surface area contributed by atoms with E-state index in [9.17, 15) is 4.79 Å². The number of Topliss-reactive ketones (excluding diaryl/α,β-unsaturated/α-hetero) is 1. The van der Waals surface area contributed by atoms with Gasteiger partial charge in [0.15, 0.2) is 5.78 Å². The zero-order chi connectivity index (χ0) is 13.5. The monoisotopic (exact) mass is 263 g/mol. The maximum Gasteiger partial charge on any atom is 0.167 e. The third kappa shape index (κ3) is 4.22. The van der Waals surface area contributed by atoms with Gasteiger partial charge in [-0.3, -0.25) is 4.79 Å². The molecule has 0 saturated heterocycles. The number of hydrogen-bond acceptors (Lipinski definition) is 3. The SMILES string of the molecule is CCN(C)/C(C)=C(\SCc1ccccc1)C(C)=O. The van der Waals surface area contributed by atoms with Crippen molar-refractivity contribution in [3.8, 4) is 0 Å². The van der Waals surface area contributed by atoms with Crippen molar-refractivity contribution in [3.63, 3.8) is 0 Å². The quantitative estimate of drug-likeness (QED) is 0.730. The fourth-order valence-corrected chi connectivity index (χ4v) is 2.67. The molecular formula is C15H21NOS. The van der Waals surface area contributed by atoms with Crippen LogP contribution in [0.1, 0.15) is 26.3 Å². The average molecular weight is 263 g/mol. The number of rotatable bonds is 6. The number of carbonyl (C=O) groups excluding carboxylic acids is 1. The van der Waals surface area contributed by atoms with E-state index in [-0.39, 0.29) is 5.78 Å². The highest BCUT2D eigenvalue weighted by Gasteiger charge is 2.11. The number of hydrogen-bond donors (Lipinski definition) is 0. The normalized spacial score (nSPS) is 12.0. The molecule has 2 nitrogen and oxygen atoms in total. The second-order valence-corrected chi connectivity index (χ2v) is 5.24. The molecule has 0 bridgehead atoms. The maximum absolute atomic E-state index is 11.7. The Balaban J connectivity index is 2.79. The van der Waals surface area contributed by atoms with Crippen molar-refractivity contribution in [1.82, 2.24) is 4.90 Å². The van der Waals surface area contributed by atoms with Crippen LogP contribution in [0.4, 0.5) is 0 Å². The van der Waals surface area contributed by atoms with Crippen LogP contribution in [0, 0.1) is 0 Å². The van der Waals surface area contributed by atoms with Crippen LogP contribution < -0.4 is 0 Å². The fraction of sp³-hybridized carbons (Fsp3) is 0.400. The van der Waals surface area contributed by atoms with E-state index in [1.807, 2.05) is 32.2 Å². The molecule has 1 rings (SSSR count). The van der Waals surface area contributed by atoms with Gasteiger partial charge in [0.2, 0.25) is 0 Å². The van der Waals surface area contributed by atoms with Gasteiger partial charge in [-0.1, -0.05) is 30.3 Å². The summed E-state index contributed by atoms with van der Waals surface area (Å²) in [6.07, 6.45) is 0. The molecule has 0 N–H and O–H groups in total. The van der Waals surface area contributed by atoms with E-state index in [1.54, 1.807) is 18.7 Å². The third-order valence-electron chi connectivity index (χ3n) is 2.92. The van der Waals surface area contributed by atoms with Crippen LogP contribution in [0.3, 0.4) is 0 Å². The first-order valence-electron chi connectivity index (χ1n) is 6.16. The lowest BCUT2D eigenvalue weighted by Crippen LogP contribution is -2.18. The van der Waals surface area contributed by atoms with Gasteiger partial charge in [0.25, 0.3) is 0 Å². The van der Waals surface area contributed by atoms with Crippen molar-refractivity contribution in [1.29, 1.82) is 0 Å². The minimum atomic E-state index is 0.147. The summed E-state index contributed by atoms with van der Waals surface area (Å²) in [6.45, 7) is 6.65. The molecule has 0 fully saturated rings. The Morgan fingerprint density at radius 1 is 1.22 bits per heavy atom. The Kier molecular flexibility index (Phi) is 5.99. The van der Waals surface area contributed by atoms with Crippen LogP contribution in [0.5, 0.6) is 0 Å². The molecular weight excluding hydrogens is 242 g/mol. The zero-order valence-electron chi connectivity index (χ0n) is 11.6. The first kappa shape index (κ1) is 14.8. The smallest absolute Gasteiger partial charge is 0.167 e. The number of benzene rings is 1. The second-order valence-electron chi connectivity index (χ2n) is 4.26. The van der Waals surface area contributed by atoms with Crippen molar-refractivity contribution in [2.75, 3.05) is 13.6 Å². The van der Waals surface area contributed by atoms with Gasteiger partial charge < -0.3 is 4.90 Å². The number of nitrogens with zero attached hydrogens (tertiary/aromatic N) is 1. The minimum absolute atomic E-state index is 0.147. The zero-order valence-corrected chi connectivity index (χ0v) is 12.4. The summed E-state index contributed by atoms with van der Waals surface area (Å²) in [6, 6.07) is 10.2. The lowest BCUT2D eigenvalue weighted by Gasteiger charge is -2.20. The van der Waals surface area contributed by atoms with Gasteiger partial charge in [-0.15, -0.1) is 11.8 Å². The van der Waals surface area contributed by atoms with Crippen molar-refractivity contribution < 1.29 is 4.79 Å². The molecule has 18 heavy (non-hydrogen) atoms. The van der Waals surface area contributed by atoms with Crippen LogP contribution in [-0.2, 0) is 10.5 Å². The summed E-state index contributed by atoms with van der Waals surface area (Å²) in [5.41, 5.74) is 2.30. The molecule has 0 unspecified atom stereocenters. The first-order chi connectivity index (χ1) is 8.56. The Labute approximate surface area is 114 Å². The molecule has 3 heteroatoms. The molecule has 1 aromatic rings. The standard InChI is InChI=1S/C15H21NOS/c1-5-16(4)12(2)15(13(3)17)18-11-14-9-7-6-8-10-14/h6-10H,5,11H2,1-4H3/b15-12-. The Bertz CT molecular complexity index is 425. The van der Waals surface area contributed by atoms with E-state index >= 15 is 0 Å².